The van der Waals surface area contributed by atoms with Crippen molar-refractivity contribution in [1.29, 1.82) is 0 Å². The van der Waals surface area contributed by atoms with Gasteiger partial charge in [-0.05, 0) is 55.8 Å². The van der Waals surface area contributed by atoms with Crippen LogP contribution in [0, 0.1) is 13.1 Å². The molecule has 6 rings (SSSR count). The highest BCUT2D eigenvalue weighted by Crippen LogP contribution is 2.40. The van der Waals surface area contributed by atoms with E-state index in [4.69, 9.17) is 13.1 Å². The fourth-order valence-electron chi connectivity index (χ4n) is 4.95. The Morgan fingerprint density at radius 1 is 0.676 bits per heavy atom. The topological polar surface area (TPSA) is 25.8 Å². The monoisotopic (exact) mass is 436 g/mol. The summed E-state index contributed by atoms with van der Waals surface area (Å²) in [5.74, 6) is 0.214. The fourth-order valence-corrected chi connectivity index (χ4v) is 4.95. The first-order valence-electron chi connectivity index (χ1n) is 10.9. The first-order chi connectivity index (χ1) is 16.5. The minimum atomic E-state index is 0.0966. The summed E-state index contributed by atoms with van der Waals surface area (Å²) in [5.41, 5.74) is 6.47. The summed E-state index contributed by atoms with van der Waals surface area (Å²) in [7, 11) is 0. The second-order valence-corrected chi connectivity index (χ2v) is 8.45. The molecule has 2 aliphatic carbocycles. The number of carbonyl (C=O) groups excluding carboxylic acids is 1. The predicted octanol–water partition coefficient (Wildman–Crippen LogP) is 7.59. The van der Waals surface area contributed by atoms with Crippen LogP contribution in [0.4, 0.5) is 0 Å². The minimum absolute atomic E-state index is 0.0966. The van der Waals surface area contributed by atoms with Gasteiger partial charge < -0.3 is 0 Å². The van der Waals surface area contributed by atoms with E-state index in [0.717, 1.165) is 38.2 Å². The molecule has 0 saturated carbocycles. The van der Waals surface area contributed by atoms with Crippen molar-refractivity contribution in [1.82, 2.24) is 0 Å². The van der Waals surface area contributed by atoms with Crippen LogP contribution in [0.25, 0.3) is 36.8 Å². The molecule has 3 heteroatoms. The molecule has 0 bridgehead atoms. The number of nitrogens with zero attached hydrogens (tertiary/aromatic N) is 2. The van der Waals surface area contributed by atoms with Gasteiger partial charge in [0.1, 0.15) is 13.1 Å². The Kier molecular flexibility index (Phi) is 5.17. The molecule has 0 spiro atoms. The molecule has 0 heterocycles. The van der Waals surface area contributed by atoms with Crippen LogP contribution in [-0.4, -0.2) is 5.78 Å². The van der Waals surface area contributed by atoms with Gasteiger partial charge in [0.15, 0.2) is 5.78 Å². The average Bonchev–Trinajstić information content (AvgIpc) is 2.85. The van der Waals surface area contributed by atoms with Crippen molar-refractivity contribution in [3.63, 3.8) is 0 Å². The molecule has 0 fully saturated rings. The average molecular weight is 437 g/mol. The predicted molar refractivity (Wildman–Crippen MR) is 138 cm³/mol. The number of allylic oxidation sites excluding steroid dienone is 3. The van der Waals surface area contributed by atoms with Crippen molar-refractivity contribution in [3.8, 4) is 0 Å². The summed E-state index contributed by atoms with van der Waals surface area (Å²) in [6.45, 7) is 22.2. The summed E-state index contributed by atoms with van der Waals surface area (Å²) in [6, 6.07) is 24.2. The molecule has 34 heavy (non-hydrogen) atoms. The van der Waals surface area contributed by atoms with E-state index >= 15 is 0 Å². The van der Waals surface area contributed by atoms with E-state index < -0.39 is 0 Å². The maximum absolute atomic E-state index is 11.9. The van der Waals surface area contributed by atoms with Crippen molar-refractivity contribution in [3.05, 3.63) is 148 Å². The summed E-state index contributed by atoms with van der Waals surface area (Å²) in [4.78, 5) is 18.6. The van der Waals surface area contributed by atoms with Crippen molar-refractivity contribution in [2.75, 3.05) is 0 Å². The number of benzene rings is 4. The maximum Gasteiger partial charge on any atom is 0.527 e. The summed E-state index contributed by atoms with van der Waals surface area (Å²) in [5, 5.41) is 4.55. The molecule has 4 aromatic carbocycles. The molecule has 3 nitrogen and oxygen atoms in total. The lowest BCUT2D eigenvalue weighted by atomic mass is 9.82. The third-order valence-electron chi connectivity index (χ3n) is 6.41. The number of hydrogen-bond acceptors (Lipinski definition) is 1. The Morgan fingerprint density at radius 2 is 1.15 bits per heavy atom. The van der Waals surface area contributed by atoms with Crippen LogP contribution in [0.2, 0.25) is 0 Å². The van der Waals surface area contributed by atoms with E-state index in [2.05, 4.69) is 47.1 Å². The Bertz CT molecular complexity index is 1650. The van der Waals surface area contributed by atoms with Gasteiger partial charge in [0, 0.05) is 12.0 Å². The normalized spacial score (nSPS) is 13.7. The number of carbonyl (C=O) groups is 1. The molecular formula is C31H20N2O. The van der Waals surface area contributed by atoms with Crippen molar-refractivity contribution < 1.29 is 4.79 Å². The summed E-state index contributed by atoms with van der Waals surface area (Å²) >= 11 is 0. The van der Waals surface area contributed by atoms with Crippen LogP contribution >= 0.6 is 0 Å². The highest BCUT2D eigenvalue weighted by Gasteiger charge is 2.26. The minimum Gasteiger partial charge on any atom is -0.289 e. The van der Waals surface area contributed by atoms with Gasteiger partial charge in [0.25, 0.3) is 0 Å². The maximum atomic E-state index is 11.9. The van der Waals surface area contributed by atoms with E-state index in [1.54, 1.807) is 0 Å². The van der Waals surface area contributed by atoms with Gasteiger partial charge in [0.05, 0.1) is 5.57 Å². The molecule has 0 radical (unpaired) electrons. The van der Waals surface area contributed by atoms with Gasteiger partial charge in [-0.15, -0.1) is 0 Å². The van der Waals surface area contributed by atoms with Crippen molar-refractivity contribution in [2.24, 2.45) is 0 Å². The van der Waals surface area contributed by atoms with Gasteiger partial charge in [0.2, 0.25) is 0 Å². The number of Topliss-reactive ketones (excluding diaryl/α,β-unsaturated/α-hetero) is 1. The van der Waals surface area contributed by atoms with Gasteiger partial charge in [-0.3, -0.25) is 4.79 Å². The lowest BCUT2D eigenvalue weighted by molar-refractivity contribution is 0.103. The van der Waals surface area contributed by atoms with E-state index in [0.29, 0.717) is 24.0 Å². The fraction of sp³-hybridized carbons (Fsp3) is 0.0645. The van der Waals surface area contributed by atoms with Gasteiger partial charge >= 0.3 is 5.82 Å². The lowest BCUT2D eigenvalue weighted by Crippen LogP contribution is -2.12. The van der Waals surface area contributed by atoms with E-state index in [1.807, 2.05) is 48.5 Å². The molecule has 160 valence electrons. The largest absolute Gasteiger partial charge is 0.527 e. The first-order valence-corrected chi connectivity index (χ1v) is 10.9. The summed E-state index contributed by atoms with van der Waals surface area (Å²) in [6.07, 6.45) is 1.39. The molecule has 2 aliphatic rings. The molecule has 0 saturated heterocycles. The van der Waals surface area contributed by atoms with Gasteiger partial charge in [-0.1, -0.05) is 86.0 Å². The third-order valence-corrected chi connectivity index (χ3v) is 6.41. The summed E-state index contributed by atoms with van der Waals surface area (Å²) < 4.78 is 0. The van der Waals surface area contributed by atoms with Crippen LogP contribution in [-0.2, 0) is 12.8 Å². The molecule has 0 amide bonds. The van der Waals surface area contributed by atoms with Crippen LogP contribution in [0.5, 0.6) is 0 Å². The highest BCUT2D eigenvalue weighted by molar-refractivity contribution is 6.19. The van der Waals surface area contributed by atoms with E-state index in [9.17, 15) is 4.79 Å². The smallest absolute Gasteiger partial charge is 0.289 e. The molecular weight excluding hydrogens is 416 g/mol. The molecule has 4 aromatic rings. The molecule has 0 aromatic heterocycles. The molecule has 0 aliphatic heterocycles. The van der Waals surface area contributed by atoms with Crippen molar-refractivity contribution in [2.45, 2.75) is 12.8 Å². The Morgan fingerprint density at radius 3 is 1.71 bits per heavy atom. The number of hydrogen-bond donors (Lipinski definition) is 0. The standard InChI is InChI=1S/C17H10N2.C14H10O/c1-11-10-13-8-4-6-12-7-5-9-14(16(12)13)15(11)17(18-2)19-3;1-9-8-11-6-2-4-10-5-3-7-12(13(10)11)14(9)15/h4-9H,1,10H2;2-7H,1,8H2. The van der Waals surface area contributed by atoms with Crippen LogP contribution in [0.3, 0.4) is 0 Å². The Hall–Kier alpha value is -4.73. The first kappa shape index (κ1) is 21.1. The van der Waals surface area contributed by atoms with Crippen LogP contribution in [0.1, 0.15) is 27.0 Å². The number of ketones is 1. The lowest BCUT2D eigenvalue weighted by Gasteiger charge is -2.20. The van der Waals surface area contributed by atoms with Gasteiger partial charge in [-0.25, -0.2) is 0 Å². The van der Waals surface area contributed by atoms with E-state index in [1.165, 1.54) is 11.1 Å². The highest BCUT2D eigenvalue weighted by atomic mass is 16.1. The van der Waals surface area contributed by atoms with Crippen molar-refractivity contribution >= 4 is 32.9 Å². The zero-order valence-corrected chi connectivity index (χ0v) is 18.6. The molecule has 0 atom stereocenters. The quantitative estimate of drug-likeness (QED) is 0.206. The van der Waals surface area contributed by atoms with Gasteiger partial charge in [-0.2, -0.15) is 9.69 Å². The Labute approximate surface area is 198 Å². The van der Waals surface area contributed by atoms with Crippen LogP contribution < -0.4 is 0 Å². The van der Waals surface area contributed by atoms with Crippen LogP contribution in [0.15, 0.2) is 103 Å². The zero-order valence-electron chi connectivity index (χ0n) is 18.6. The zero-order chi connectivity index (χ0) is 23.8. The molecule has 0 N–H and O–H groups in total. The molecule has 0 unspecified atom stereocenters. The number of rotatable bonds is 0. The third kappa shape index (κ3) is 3.32. The SMILES string of the molecule is C=C1Cc2cccc3cccc(c23)C1=O.[C-]#[N+]C([N+]#[C-])=C1C(=C)Cc2cccc3cccc1c23. The second kappa shape index (κ2) is 8.32. The Balaban J connectivity index is 0.000000145. The second-order valence-electron chi connectivity index (χ2n) is 8.45. The van der Waals surface area contributed by atoms with E-state index in [-0.39, 0.29) is 11.6 Å².